The number of hydrogen-bond donors (Lipinski definition) is 1. The van der Waals surface area contributed by atoms with Gasteiger partial charge in [-0.05, 0) is 30.5 Å². The first-order valence-electron chi connectivity index (χ1n) is 4.70. The molecule has 0 saturated heterocycles. The van der Waals surface area contributed by atoms with Crippen molar-refractivity contribution in [3.05, 3.63) is 41.2 Å². The van der Waals surface area contributed by atoms with Crippen molar-refractivity contribution in [3.8, 4) is 0 Å². The predicted molar refractivity (Wildman–Crippen MR) is 64.3 cm³/mol. The maximum absolute atomic E-state index is 10.7. The fourth-order valence-corrected chi connectivity index (χ4v) is 3.27. The van der Waals surface area contributed by atoms with Crippen molar-refractivity contribution >= 4 is 29.1 Å². The van der Waals surface area contributed by atoms with Crippen molar-refractivity contribution in [2.24, 2.45) is 0 Å². The third-order valence-electron chi connectivity index (χ3n) is 2.03. The summed E-state index contributed by atoms with van der Waals surface area (Å²) in [6, 6.07) is 7.23. The van der Waals surface area contributed by atoms with Crippen LogP contribution in [0.1, 0.15) is 28.5 Å². The molecule has 2 rings (SSSR count). The van der Waals surface area contributed by atoms with Crippen molar-refractivity contribution in [2.75, 3.05) is 0 Å². The van der Waals surface area contributed by atoms with Crippen LogP contribution in [0.3, 0.4) is 0 Å². The van der Waals surface area contributed by atoms with Gasteiger partial charge in [-0.15, -0.1) is 23.1 Å². The lowest BCUT2D eigenvalue weighted by molar-refractivity contribution is 0.0660. The molecule has 16 heavy (non-hydrogen) atoms. The molecule has 0 fully saturated rings. The van der Waals surface area contributed by atoms with Gasteiger partial charge < -0.3 is 9.52 Å². The predicted octanol–water partition coefficient (Wildman–Crippen LogP) is 3.89. The van der Waals surface area contributed by atoms with Crippen LogP contribution in [0, 0.1) is 0 Å². The molecule has 0 saturated carbocycles. The zero-order chi connectivity index (χ0) is 11.5. The Morgan fingerprint density at radius 3 is 2.88 bits per heavy atom. The fourth-order valence-electron chi connectivity index (χ4n) is 1.25. The molecule has 1 unspecified atom stereocenters. The van der Waals surface area contributed by atoms with E-state index in [-0.39, 0.29) is 11.0 Å². The number of carbonyl (C=O) groups is 1. The van der Waals surface area contributed by atoms with E-state index in [0.717, 1.165) is 0 Å². The van der Waals surface area contributed by atoms with Crippen LogP contribution in [0.15, 0.2) is 38.3 Å². The molecule has 0 spiro atoms. The molecule has 0 aliphatic carbocycles. The molecule has 0 aliphatic rings. The standard InChI is InChI=1S/C11H10O3S2/c1-7(16-10-3-2-6-15-10)8-4-5-9(14-8)11(12)13/h2-7H,1H3,(H,12,13). The van der Waals surface area contributed by atoms with Crippen molar-refractivity contribution in [1.29, 1.82) is 0 Å². The first kappa shape index (κ1) is 11.3. The third kappa shape index (κ3) is 2.48. The average Bonchev–Trinajstić information content (AvgIpc) is 2.86. The highest BCUT2D eigenvalue weighted by Crippen LogP contribution is 2.37. The Hall–Kier alpha value is -1.20. The van der Waals surface area contributed by atoms with E-state index >= 15 is 0 Å². The van der Waals surface area contributed by atoms with E-state index < -0.39 is 5.97 Å². The Labute approximate surface area is 101 Å². The van der Waals surface area contributed by atoms with Gasteiger partial charge in [0.1, 0.15) is 5.76 Å². The van der Waals surface area contributed by atoms with Gasteiger partial charge in [-0.3, -0.25) is 0 Å². The summed E-state index contributed by atoms with van der Waals surface area (Å²) in [5.74, 6) is -0.344. The lowest BCUT2D eigenvalue weighted by Crippen LogP contribution is -1.92. The second-order valence-corrected chi connectivity index (χ2v) is 5.79. The molecule has 2 aromatic heterocycles. The van der Waals surface area contributed by atoms with Crippen LogP contribution in [-0.2, 0) is 0 Å². The van der Waals surface area contributed by atoms with Gasteiger partial charge in [0.05, 0.1) is 9.46 Å². The smallest absolute Gasteiger partial charge is 0.371 e. The molecule has 0 aliphatic heterocycles. The van der Waals surface area contributed by atoms with Gasteiger partial charge in [-0.25, -0.2) is 4.79 Å². The van der Waals surface area contributed by atoms with Crippen molar-refractivity contribution < 1.29 is 14.3 Å². The largest absolute Gasteiger partial charge is 0.475 e. The van der Waals surface area contributed by atoms with E-state index in [1.807, 2.05) is 24.4 Å². The number of rotatable bonds is 4. The number of carboxylic acid groups (broad SMARTS) is 1. The molecule has 1 N–H and O–H groups in total. The molecule has 0 radical (unpaired) electrons. The van der Waals surface area contributed by atoms with Crippen LogP contribution < -0.4 is 0 Å². The molecule has 0 aromatic carbocycles. The topological polar surface area (TPSA) is 50.4 Å². The van der Waals surface area contributed by atoms with E-state index in [1.54, 1.807) is 29.2 Å². The molecular formula is C11H10O3S2. The maximum atomic E-state index is 10.7. The van der Waals surface area contributed by atoms with Crippen LogP contribution in [-0.4, -0.2) is 11.1 Å². The Balaban J connectivity index is 2.08. The van der Waals surface area contributed by atoms with Gasteiger partial charge in [0.2, 0.25) is 5.76 Å². The quantitative estimate of drug-likeness (QED) is 0.841. The highest BCUT2D eigenvalue weighted by Gasteiger charge is 2.15. The summed E-state index contributed by atoms with van der Waals surface area (Å²) < 4.78 is 6.44. The summed E-state index contributed by atoms with van der Waals surface area (Å²) in [7, 11) is 0. The number of carboxylic acids is 1. The normalized spacial score (nSPS) is 12.6. The van der Waals surface area contributed by atoms with Crippen molar-refractivity contribution in [3.63, 3.8) is 0 Å². The van der Waals surface area contributed by atoms with Crippen LogP contribution in [0.25, 0.3) is 0 Å². The van der Waals surface area contributed by atoms with Crippen molar-refractivity contribution in [1.82, 2.24) is 0 Å². The molecule has 84 valence electrons. The van der Waals surface area contributed by atoms with Gasteiger partial charge in [-0.2, -0.15) is 0 Å². The molecule has 0 amide bonds. The van der Waals surface area contributed by atoms with E-state index in [1.165, 1.54) is 10.3 Å². The molecule has 3 nitrogen and oxygen atoms in total. The second-order valence-electron chi connectivity index (χ2n) is 3.20. The second kappa shape index (κ2) is 4.76. The zero-order valence-corrected chi connectivity index (χ0v) is 10.2. The number of thiophene rings is 1. The van der Waals surface area contributed by atoms with Gasteiger partial charge in [0.15, 0.2) is 0 Å². The van der Waals surface area contributed by atoms with Gasteiger partial charge in [-0.1, -0.05) is 6.07 Å². The van der Waals surface area contributed by atoms with E-state index in [4.69, 9.17) is 9.52 Å². The summed E-state index contributed by atoms with van der Waals surface area (Å²) in [6.45, 7) is 1.99. The molecule has 2 aromatic rings. The summed E-state index contributed by atoms with van der Waals surface area (Å²) in [5.41, 5.74) is 0. The molecular weight excluding hydrogens is 244 g/mol. The number of thioether (sulfide) groups is 1. The minimum Gasteiger partial charge on any atom is -0.475 e. The summed E-state index contributed by atoms with van der Waals surface area (Å²) >= 11 is 3.32. The SMILES string of the molecule is CC(Sc1cccs1)c1ccc(C(=O)O)o1. The van der Waals surface area contributed by atoms with Crippen LogP contribution in [0.2, 0.25) is 0 Å². The van der Waals surface area contributed by atoms with Crippen LogP contribution in [0.4, 0.5) is 0 Å². The minimum absolute atomic E-state index is 0.00590. The van der Waals surface area contributed by atoms with Gasteiger partial charge in [0.25, 0.3) is 0 Å². The first-order chi connectivity index (χ1) is 7.66. The highest BCUT2D eigenvalue weighted by atomic mass is 32.2. The van der Waals surface area contributed by atoms with Gasteiger partial charge >= 0.3 is 5.97 Å². The van der Waals surface area contributed by atoms with Crippen molar-refractivity contribution in [2.45, 2.75) is 16.4 Å². The third-order valence-corrected chi connectivity index (χ3v) is 4.22. The summed E-state index contributed by atoms with van der Waals surface area (Å²) in [4.78, 5) is 10.7. The Kier molecular flexibility index (Phi) is 3.36. The number of furan rings is 1. The number of aromatic carboxylic acids is 1. The fraction of sp³-hybridized carbons (Fsp3) is 0.182. The summed E-state index contributed by atoms with van der Waals surface area (Å²) in [6.07, 6.45) is 0. The maximum Gasteiger partial charge on any atom is 0.371 e. The molecule has 1 atom stereocenters. The average molecular weight is 254 g/mol. The Morgan fingerprint density at radius 1 is 1.50 bits per heavy atom. The molecule has 5 heteroatoms. The lowest BCUT2D eigenvalue weighted by atomic mass is 10.3. The summed E-state index contributed by atoms with van der Waals surface area (Å²) in [5, 5.41) is 10.9. The highest BCUT2D eigenvalue weighted by molar-refractivity contribution is 8.01. The van der Waals surface area contributed by atoms with E-state index in [0.29, 0.717) is 5.76 Å². The lowest BCUT2D eigenvalue weighted by Gasteiger charge is -2.05. The van der Waals surface area contributed by atoms with Crippen LogP contribution >= 0.6 is 23.1 Å². The zero-order valence-electron chi connectivity index (χ0n) is 8.54. The van der Waals surface area contributed by atoms with E-state index in [2.05, 4.69) is 0 Å². The number of hydrogen-bond acceptors (Lipinski definition) is 4. The molecule has 0 bridgehead atoms. The first-order valence-corrected chi connectivity index (χ1v) is 6.46. The molecule has 2 heterocycles. The Morgan fingerprint density at radius 2 is 2.31 bits per heavy atom. The minimum atomic E-state index is -1.03. The van der Waals surface area contributed by atoms with Crippen LogP contribution in [0.5, 0.6) is 0 Å². The Bertz CT molecular complexity index is 473. The monoisotopic (exact) mass is 254 g/mol. The van der Waals surface area contributed by atoms with E-state index in [9.17, 15) is 4.79 Å². The van der Waals surface area contributed by atoms with Gasteiger partial charge in [0, 0.05) is 0 Å².